The zero-order valence-corrected chi connectivity index (χ0v) is 26.3. The average molecular weight is 631 g/mol. The molecule has 0 spiro atoms. The highest BCUT2D eigenvalue weighted by atomic mass is 16.3. The summed E-state index contributed by atoms with van der Waals surface area (Å²) < 4.78 is 0. The Morgan fingerprint density at radius 3 is 2.24 bits per heavy atom. The molecule has 45 heavy (non-hydrogen) atoms. The first-order valence-corrected chi connectivity index (χ1v) is 15.5. The van der Waals surface area contributed by atoms with Gasteiger partial charge in [0.25, 0.3) is 0 Å². The highest BCUT2D eigenvalue weighted by molar-refractivity contribution is 6.01. The third-order valence-electron chi connectivity index (χ3n) is 8.25. The molecule has 2 amide bonds. The van der Waals surface area contributed by atoms with Crippen molar-refractivity contribution in [1.29, 1.82) is 0 Å². The lowest BCUT2D eigenvalue weighted by atomic mass is 9.93. The molecule has 2 aliphatic heterocycles. The number of ketones is 3. The van der Waals surface area contributed by atoms with Crippen molar-refractivity contribution in [2.75, 3.05) is 13.1 Å². The molecule has 1 aromatic carbocycles. The van der Waals surface area contributed by atoms with Crippen molar-refractivity contribution in [3.8, 4) is 5.75 Å². The Morgan fingerprint density at radius 2 is 1.62 bits per heavy atom. The zero-order valence-electron chi connectivity index (χ0n) is 26.3. The van der Waals surface area contributed by atoms with E-state index in [4.69, 9.17) is 0 Å². The summed E-state index contributed by atoms with van der Waals surface area (Å²) in [6, 6.07) is 0.963. The topological polar surface area (TPSA) is 197 Å². The first kappa shape index (κ1) is 35.9. The van der Waals surface area contributed by atoms with Crippen LogP contribution in [-0.4, -0.2) is 111 Å². The molecule has 14 heteroatoms. The van der Waals surface area contributed by atoms with Crippen molar-refractivity contribution in [2.24, 2.45) is 0 Å². The number of rotatable bonds is 5. The standard InChI is InChI=1S/C31H46N6O8/c1-18(17-38)37-34-20(3)27(42)15-32-29(21(4)39)31(45)36-16-28(43)25(36)8-6-5-7-9-26(41)19(2)33-30(44)24(35-37)14-22-10-12-23(40)13-11-22/h10-13,17-21,24-25,29,32,34-35,39-40H,5-9,14-16H2,1-4H3,(H,33,44)/t18-,19-,20-,21+,24+,25?,29+/m1/s1. The predicted octanol–water partition coefficient (Wildman–Crippen LogP) is -0.684. The summed E-state index contributed by atoms with van der Waals surface area (Å²) in [7, 11) is 0. The molecule has 1 unspecified atom stereocenters. The summed E-state index contributed by atoms with van der Waals surface area (Å²) in [6.45, 7) is 5.76. The molecule has 14 nitrogen and oxygen atoms in total. The van der Waals surface area contributed by atoms with Crippen LogP contribution in [-0.2, 0) is 35.2 Å². The van der Waals surface area contributed by atoms with Crippen molar-refractivity contribution in [3.63, 3.8) is 0 Å². The summed E-state index contributed by atoms with van der Waals surface area (Å²) in [4.78, 5) is 78.4. The number of benzene rings is 1. The maximum atomic E-state index is 13.5. The van der Waals surface area contributed by atoms with Crippen LogP contribution in [0.15, 0.2) is 24.3 Å². The number of Topliss-reactive ketones (excluding diaryl/α,β-unsaturated/α-hetero) is 3. The van der Waals surface area contributed by atoms with Crippen molar-refractivity contribution in [2.45, 2.75) is 109 Å². The molecule has 1 aromatic rings. The fourth-order valence-electron chi connectivity index (χ4n) is 5.27. The van der Waals surface area contributed by atoms with Crippen LogP contribution >= 0.6 is 0 Å². The number of aldehydes is 1. The van der Waals surface area contributed by atoms with E-state index in [0.717, 1.165) is 0 Å². The summed E-state index contributed by atoms with van der Waals surface area (Å²) in [5.74, 6) is -1.59. The Bertz CT molecular complexity index is 1220. The molecule has 3 rings (SSSR count). The van der Waals surface area contributed by atoms with Gasteiger partial charge in [0.1, 0.15) is 24.1 Å². The number of nitrogens with zero attached hydrogens (tertiary/aromatic N) is 2. The summed E-state index contributed by atoms with van der Waals surface area (Å²) in [5.41, 5.74) is 6.59. The SMILES string of the molecule is C[C@H](O)[C@@H]1NCC(=O)[C@@H](C)NN([C@H](C)C=O)N[C@@H](Cc2ccc(O)cc2)C(=O)N[C@H](C)C(=O)CCCCCC2C(=O)CN2C1=O. The number of hydrazine groups is 2. The van der Waals surface area contributed by atoms with E-state index < -0.39 is 60.0 Å². The normalized spacial score (nSPS) is 28.7. The van der Waals surface area contributed by atoms with E-state index in [1.165, 1.54) is 29.1 Å². The number of nitrogens with one attached hydrogen (secondary N) is 4. The molecule has 2 fully saturated rings. The molecule has 0 aliphatic carbocycles. The second-order valence-electron chi connectivity index (χ2n) is 12.0. The first-order valence-electron chi connectivity index (χ1n) is 15.5. The van der Waals surface area contributed by atoms with Crippen molar-refractivity contribution in [3.05, 3.63) is 29.8 Å². The molecule has 0 saturated carbocycles. The Morgan fingerprint density at radius 1 is 0.933 bits per heavy atom. The van der Waals surface area contributed by atoms with Gasteiger partial charge in [-0.2, -0.15) is 5.12 Å². The Labute approximate surface area is 263 Å². The summed E-state index contributed by atoms with van der Waals surface area (Å²) in [6.07, 6.45) is 2.00. The number of phenolic OH excluding ortho intramolecular Hbond substituents is 1. The van der Waals surface area contributed by atoms with Crippen LogP contribution in [0.25, 0.3) is 0 Å². The quantitative estimate of drug-likeness (QED) is 0.225. The van der Waals surface area contributed by atoms with Gasteiger partial charge in [0, 0.05) is 6.42 Å². The minimum absolute atomic E-state index is 0.0529. The van der Waals surface area contributed by atoms with Gasteiger partial charge in [0.2, 0.25) is 11.8 Å². The number of aliphatic hydroxyl groups excluding tert-OH is 1. The second-order valence-corrected chi connectivity index (χ2v) is 12.0. The van der Waals surface area contributed by atoms with Crippen LogP contribution < -0.4 is 21.5 Å². The van der Waals surface area contributed by atoms with Gasteiger partial charge in [-0.25, -0.2) is 10.9 Å². The van der Waals surface area contributed by atoms with Crippen LogP contribution in [0.2, 0.25) is 0 Å². The molecule has 6 N–H and O–H groups in total. The van der Waals surface area contributed by atoms with Crippen LogP contribution in [0.3, 0.4) is 0 Å². The maximum Gasteiger partial charge on any atom is 0.243 e. The minimum Gasteiger partial charge on any atom is -0.508 e. The number of aliphatic hydroxyl groups is 1. The van der Waals surface area contributed by atoms with Gasteiger partial charge < -0.3 is 25.2 Å². The Hall–Kier alpha value is -3.56. The third kappa shape index (κ3) is 9.96. The number of hydrogen-bond donors (Lipinski definition) is 6. The monoisotopic (exact) mass is 630 g/mol. The van der Waals surface area contributed by atoms with Crippen LogP contribution in [0.1, 0.15) is 65.4 Å². The van der Waals surface area contributed by atoms with Gasteiger partial charge in [0.15, 0.2) is 17.3 Å². The molecule has 2 aliphatic rings. The van der Waals surface area contributed by atoms with Crippen molar-refractivity contribution >= 4 is 35.5 Å². The summed E-state index contributed by atoms with van der Waals surface area (Å²) >= 11 is 0. The lowest BCUT2D eigenvalue weighted by molar-refractivity contribution is -0.155. The zero-order chi connectivity index (χ0) is 33.3. The number of phenols is 1. The maximum absolute atomic E-state index is 13.5. The molecule has 0 aromatic heterocycles. The molecule has 2 heterocycles. The van der Waals surface area contributed by atoms with Gasteiger partial charge in [-0.15, -0.1) is 0 Å². The fraction of sp³-hybridized carbons (Fsp3) is 0.613. The number of hydrogen-bond acceptors (Lipinski definition) is 12. The lowest BCUT2D eigenvalue weighted by Crippen LogP contribution is -2.66. The second kappa shape index (κ2) is 16.7. The number of carbonyl (C=O) groups is 6. The molecule has 7 atom stereocenters. The van der Waals surface area contributed by atoms with Gasteiger partial charge in [-0.3, -0.25) is 29.3 Å². The van der Waals surface area contributed by atoms with E-state index in [9.17, 15) is 39.0 Å². The van der Waals surface area contributed by atoms with Crippen LogP contribution in [0.4, 0.5) is 0 Å². The Balaban J connectivity index is 1.87. The largest absolute Gasteiger partial charge is 0.508 e. The van der Waals surface area contributed by atoms with E-state index in [-0.39, 0.29) is 43.2 Å². The number of aromatic hydroxyl groups is 1. The molecule has 0 bridgehead atoms. The van der Waals surface area contributed by atoms with Gasteiger partial charge in [-0.05, 0) is 64.7 Å². The van der Waals surface area contributed by atoms with Crippen molar-refractivity contribution < 1.29 is 39.0 Å². The van der Waals surface area contributed by atoms with Gasteiger partial charge >= 0.3 is 0 Å². The summed E-state index contributed by atoms with van der Waals surface area (Å²) in [5, 5.41) is 26.9. The highest BCUT2D eigenvalue weighted by Crippen LogP contribution is 2.22. The molecule has 2 saturated heterocycles. The Kier molecular flexibility index (Phi) is 13.3. The van der Waals surface area contributed by atoms with Gasteiger partial charge in [-0.1, -0.05) is 25.0 Å². The van der Waals surface area contributed by atoms with E-state index >= 15 is 0 Å². The number of amides is 2. The third-order valence-corrected chi connectivity index (χ3v) is 8.25. The first-order chi connectivity index (χ1) is 21.3. The molecular formula is C31H46N6O8. The number of fused-ring (bicyclic) bond motifs is 1. The fourth-order valence-corrected chi connectivity index (χ4v) is 5.27. The smallest absolute Gasteiger partial charge is 0.243 e. The minimum atomic E-state index is -1.15. The van der Waals surface area contributed by atoms with Gasteiger partial charge in [0.05, 0.1) is 43.4 Å². The van der Waals surface area contributed by atoms with E-state index in [1.807, 2.05) is 0 Å². The number of carbonyl (C=O) groups excluding carboxylic acids is 6. The van der Waals surface area contributed by atoms with E-state index in [1.54, 1.807) is 32.9 Å². The molecule has 248 valence electrons. The average Bonchev–Trinajstić information content (AvgIpc) is 3.00. The van der Waals surface area contributed by atoms with E-state index in [0.29, 0.717) is 37.5 Å². The predicted molar refractivity (Wildman–Crippen MR) is 163 cm³/mol. The lowest BCUT2D eigenvalue weighted by Gasteiger charge is -2.42. The van der Waals surface area contributed by atoms with E-state index in [2.05, 4.69) is 21.5 Å². The molecule has 0 radical (unpaired) electrons. The van der Waals surface area contributed by atoms with Crippen LogP contribution in [0.5, 0.6) is 5.75 Å². The highest BCUT2D eigenvalue weighted by Gasteiger charge is 2.43. The van der Waals surface area contributed by atoms with Crippen molar-refractivity contribution in [1.82, 2.24) is 31.5 Å². The van der Waals surface area contributed by atoms with Crippen LogP contribution in [0, 0.1) is 0 Å². The molecular weight excluding hydrogens is 584 g/mol.